The molecule has 202 valence electrons. The molecule has 3 aromatic heterocycles. The number of para-hydroxylation sites is 1. The minimum absolute atomic E-state index is 0. The summed E-state index contributed by atoms with van der Waals surface area (Å²) in [5.74, 6) is 2.58. The fraction of sp³-hybridized carbons (Fsp3) is 0.147. The topological polar surface area (TPSA) is 65.0 Å². The average molecular weight is 548 g/mol. The molecule has 6 heteroatoms. The Morgan fingerprint density at radius 3 is 1.98 bits per heavy atom. The second-order valence-corrected chi connectivity index (χ2v) is 8.88. The lowest BCUT2D eigenvalue weighted by atomic mass is 10.1. The zero-order valence-electron chi connectivity index (χ0n) is 23.4. The van der Waals surface area contributed by atoms with Crippen molar-refractivity contribution in [2.45, 2.75) is 34.6 Å². The molecule has 0 aliphatic rings. The van der Waals surface area contributed by atoms with Gasteiger partial charge in [-0.05, 0) is 62.8 Å². The van der Waals surface area contributed by atoms with Gasteiger partial charge in [0, 0.05) is 32.8 Å². The largest absolute Gasteiger partial charge is 0.456 e. The van der Waals surface area contributed by atoms with Gasteiger partial charge >= 0.3 is 0 Å². The van der Waals surface area contributed by atoms with Crippen molar-refractivity contribution in [3.63, 3.8) is 0 Å². The average Bonchev–Trinajstić information content (AvgIpc) is 3.54. The summed E-state index contributed by atoms with van der Waals surface area (Å²) in [7, 11) is 0. The second-order valence-electron chi connectivity index (χ2n) is 8.88. The first-order valence-electron chi connectivity index (χ1n) is 13.2. The van der Waals surface area contributed by atoms with E-state index in [4.69, 9.17) is 23.8 Å². The Bertz CT molecular complexity index is 1890. The molecule has 0 N–H and O–H groups in total. The first-order valence-corrected chi connectivity index (χ1v) is 13.2. The molecule has 3 aromatic carbocycles. The number of fused-ring (bicyclic) bond motifs is 4. The van der Waals surface area contributed by atoms with E-state index in [9.17, 15) is 0 Å². The van der Waals surface area contributed by atoms with Crippen molar-refractivity contribution in [1.29, 1.82) is 0 Å². The summed E-state index contributed by atoms with van der Waals surface area (Å²) < 4.78 is 12.2. The van der Waals surface area contributed by atoms with Crippen molar-refractivity contribution >= 4 is 64.1 Å². The lowest BCUT2D eigenvalue weighted by molar-refractivity contribution is 0.603. The molecular formula is C34H33N3O2S. The van der Waals surface area contributed by atoms with E-state index < -0.39 is 0 Å². The molecule has 0 aliphatic carbocycles. The highest BCUT2D eigenvalue weighted by atomic mass is 32.1. The van der Waals surface area contributed by atoms with Gasteiger partial charge in [-0.2, -0.15) is 13.5 Å². The first kappa shape index (κ1) is 28.6. The Kier molecular flexibility index (Phi) is 8.70. The maximum absolute atomic E-state index is 6.13. The van der Waals surface area contributed by atoms with Crippen LogP contribution in [-0.4, -0.2) is 15.0 Å². The minimum Gasteiger partial charge on any atom is -0.456 e. The normalized spacial score (nSPS) is 11.6. The minimum atomic E-state index is 0. The molecule has 0 saturated carbocycles. The SMILES string of the molecule is C=Cc1c(/C=C\C)oc2cc(-c3nc(/C(C)=C/C)nc(-c4ccc5c(c4)oc4ccccc45)n3)ccc12.CC.S. The van der Waals surface area contributed by atoms with Crippen molar-refractivity contribution in [1.82, 2.24) is 15.0 Å². The van der Waals surface area contributed by atoms with E-state index in [1.54, 1.807) is 0 Å². The maximum atomic E-state index is 6.13. The van der Waals surface area contributed by atoms with Gasteiger partial charge < -0.3 is 8.83 Å². The van der Waals surface area contributed by atoms with Crippen LogP contribution >= 0.6 is 13.5 Å². The molecule has 0 spiro atoms. The number of aromatic nitrogens is 3. The van der Waals surface area contributed by atoms with E-state index in [-0.39, 0.29) is 13.5 Å². The lowest BCUT2D eigenvalue weighted by Crippen LogP contribution is -2.01. The summed E-state index contributed by atoms with van der Waals surface area (Å²) >= 11 is 0. The third kappa shape index (κ3) is 5.10. The molecule has 6 aromatic rings. The standard InChI is InChI=1S/C32H25N3O2.C2H6.H2S/c1-5-10-26-22(7-3)24-15-13-20(17-28(24)36-26)31-33-30(19(4)6-2)34-32(35-31)21-14-16-25-23-11-8-9-12-27(23)37-29(25)18-21;1-2;/h5-18H,3H2,1-2,4H3;1-2H3;1H2/b10-5-,19-6+;;. The van der Waals surface area contributed by atoms with Gasteiger partial charge in [0.05, 0.1) is 0 Å². The van der Waals surface area contributed by atoms with Crippen LogP contribution in [0.2, 0.25) is 0 Å². The molecule has 0 fully saturated rings. The summed E-state index contributed by atoms with van der Waals surface area (Å²) in [4.78, 5) is 14.5. The fourth-order valence-electron chi connectivity index (χ4n) is 4.56. The molecule has 0 atom stereocenters. The number of furan rings is 2. The molecule has 0 aliphatic heterocycles. The molecule has 0 bridgehead atoms. The van der Waals surface area contributed by atoms with Crippen LogP contribution in [0.3, 0.4) is 0 Å². The second kappa shape index (κ2) is 12.2. The fourth-order valence-corrected chi connectivity index (χ4v) is 4.56. The highest BCUT2D eigenvalue weighted by Crippen LogP contribution is 2.34. The van der Waals surface area contributed by atoms with Gasteiger partial charge in [-0.3, -0.25) is 0 Å². The number of hydrogen-bond acceptors (Lipinski definition) is 5. The van der Waals surface area contributed by atoms with Crippen LogP contribution in [0.4, 0.5) is 0 Å². The van der Waals surface area contributed by atoms with Crippen LogP contribution in [0.5, 0.6) is 0 Å². The van der Waals surface area contributed by atoms with Crippen LogP contribution in [-0.2, 0) is 0 Å². The van der Waals surface area contributed by atoms with Gasteiger partial charge in [0.2, 0.25) is 0 Å². The Morgan fingerprint density at radius 1 is 0.750 bits per heavy atom. The number of rotatable bonds is 5. The molecule has 6 rings (SSSR count). The molecule has 40 heavy (non-hydrogen) atoms. The van der Waals surface area contributed by atoms with Gasteiger partial charge in [0.25, 0.3) is 0 Å². The number of nitrogens with zero attached hydrogens (tertiary/aromatic N) is 3. The summed E-state index contributed by atoms with van der Waals surface area (Å²) in [6.07, 6.45) is 7.72. The van der Waals surface area contributed by atoms with E-state index in [1.165, 1.54) is 0 Å². The van der Waals surface area contributed by atoms with Crippen LogP contribution in [0.15, 0.2) is 88.2 Å². The maximum Gasteiger partial charge on any atom is 0.164 e. The van der Waals surface area contributed by atoms with Crippen molar-refractivity contribution in [3.05, 3.63) is 96.5 Å². The van der Waals surface area contributed by atoms with Crippen molar-refractivity contribution in [2.24, 2.45) is 0 Å². The van der Waals surface area contributed by atoms with Crippen LogP contribution < -0.4 is 0 Å². The van der Waals surface area contributed by atoms with E-state index in [1.807, 2.05) is 107 Å². The van der Waals surface area contributed by atoms with Gasteiger partial charge in [-0.25, -0.2) is 15.0 Å². The highest BCUT2D eigenvalue weighted by Gasteiger charge is 2.16. The quantitative estimate of drug-likeness (QED) is 0.215. The Morgan fingerprint density at radius 2 is 1.35 bits per heavy atom. The van der Waals surface area contributed by atoms with Gasteiger partial charge in [0.1, 0.15) is 22.5 Å². The Balaban J connectivity index is 0.00000121. The van der Waals surface area contributed by atoms with Gasteiger partial charge in [0.15, 0.2) is 17.5 Å². The van der Waals surface area contributed by atoms with Crippen LogP contribution in [0, 0.1) is 0 Å². The number of hydrogen-bond donors (Lipinski definition) is 0. The Labute approximate surface area is 241 Å². The lowest BCUT2D eigenvalue weighted by Gasteiger charge is -2.08. The van der Waals surface area contributed by atoms with E-state index >= 15 is 0 Å². The van der Waals surface area contributed by atoms with Crippen LogP contribution in [0.1, 0.15) is 51.8 Å². The smallest absolute Gasteiger partial charge is 0.164 e. The molecule has 0 unspecified atom stereocenters. The van der Waals surface area contributed by atoms with Crippen molar-refractivity contribution in [2.75, 3.05) is 0 Å². The molecule has 3 heterocycles. The van der Waals surface area contributed by atoms with Crippen molar-refractivity contribution < 1.29 is 8.83 Å². The molecular weight excluding hydrogens is 514 g/mol. The molecule has 0 amide bonds. The zero-order chi connectivity index (χ0) is 27.5. The molecule has 0 radical (unpaired) electrons. The number of allylic oxidation sites excluding steroid dienone is 3. The van der Waals surface area contributed by atoms with Gasteiger partial charge in [-0.1, -0.05) is 69.0 Å². The monoisotopic (exact) mass is 547 g/mol. The van der Waals surface area contributed by atoms with E-state index in [2.05, 4.69) is 18.7 Å². The molecule has 0 saturated heterocycles. The van der Waals surface area contributed by atoms with E-state index in [0.717, 1.165) is 60.9 Å². The van der Waals surface area contributed by atoms with E-state index in [0.29, 0.717) is 17.5 Å². The van der Waals surface area contributed by atoms with Gasteiger partial charge in [-0.15, -0.1) is 0 Å². The number of benzene rings is 3. The summed E-state index contributed by atoms with van der Waals surface area (Å²) in [5.41, 5.74) is 6.08. The summed E-state index contributed by atoms with van der Waals surface area (Å²) in [5, 5.41) is 3.16. The summed E-state index contributed by atoms with van der Waals surface area (Å²) in [6, 6.07) is 20.2. The summed E-state index contributed by atoms with van der Waals surface area (Å²) in [6.45, 7) is 13.9. The Hall–Kier alpha value is -4.42. The zero-order valence-corrected chi connectivity index (χ0v) is 24.4. The third-order valence-electron chi connectivity index (χ3n) is 6.60. The third-order valence-corrected chi connectivity index (χ3v) is 6.60. The first-order chi connectivity index (χ1) is 19.1. The predicted octanol–water partition coefficient (Wildman–Crippen LogP) is 10.1. The van der Waals surface area contributed by atoms with Crippen molar-refractivity contribution in [3.8, 4) is 22.8 Å². The predicted molar refractivity (Wildman–Crippen MR) is 174 cm³/mol. The van der Waals surface area contributed by atoms with Crippen LogP contribution in [0.25, 0.3) is 73.4 Å². The highest BCUT2D eigenvalue weighted by molar-refractivity contribution is 7.59. The molecule has 5 nitrogen and oxygen atoms in total.